The minimum atomic E-state index is 0.675. The molecular weight excluding hydrogens is 136 g/mol. The third kappa shape index (κ3) is 6.32. The summed E-state index contributed by atoms with van der Waals surface area (Å²) in [4.78, 5) is 2.37. The molecule has 68 valence electrons. The second kappa shape index (κ2) is 6.62. The Hall–Kier alpha value is -0.0800. The van der Waals surface area contributed by atoms with Crippen molar-refractivity contribution < 1.29 is 0 Å². The molecule has 1 atom stereocenters. The predicted octanol–water partition coefficient (Wildman–Crippen LogP) is 1.31. The lowest BCUT2D eigenvalue weighted by Crippen LogP contribution is -2.23. The Labute approximate surface area is 70.8 Å². The first-order valence-electron chi connectivity index (χ1n) is 4.59. The highest BCUT2D eigenvalue weighted by Gasteiger charge is 2.01. The zero-order chi connectivity index (χ0) is 8.69. The summed E-state index contributed by atoms with van der Waals surface area (Å²) >= 11 is 0. The number of hydrogen-bond acceptors (Lipinski definition) is 2. The Balaban J connectivity index is 3.22. The average molecular weight is 158 g/mol. The summed E-state index contributed by atoms with van der Waals surface area (Å²) in [5, 5.41) is 0. The Morgan fingerprint density at radius 2 is 2.00 bits per heavy atom. The van der Waals surface area contributed by atoms with Crippen molar-refractivity contribution in [3.63, 3.8) is 0 Å². The van der Waals surface area contributed by atoms with Crippen molar-refractivity contribution >= 4 is 0 Å². The molecular formula is C9H22N2. The molecule has 0 heterocycles. The zero-order valence-electron chi connectivity index (χ0n) is 8.14. The minimum Gasteiger partial charge on any atom is -0.330 e. The molecule has 0 aromatic carbocycles. The molecule has 2 heteroatoms. The molecule has 0 radical (unpaired) electrons. The molecule has 0 aromatic rings. The van der Waals surface area contributed by atoms with Crippen LogP contribution in [0.15, 0.2) is 0 Å². The number of hydrogen-bond donors (Lipinski definition) is 1. The molecule has 0 amide bonds. The predicted molar refractivity (Wildman–Crippen MR) is 50.6 cm³/mol. The van der Waals surface area contributed by atoms with Gasteiger partial charge in [0.05, 0.1) is 0 Å². The smallest absolute Gasteiger partial charge is 0.00188 e. The maximum absolute atomic E-state index is 5.51. The molecule has 0 aliphatic rings. The van der Waals surface area contributed by atoms with Gasteiger partial charge in [-0.05, 0) is 45.4 Å². The van der Waals surface area contributed by atoms with Crippen LogP contribution in [0.3, 0.4) is 0 Å². The van der Waals surface area contributed by atoms with Gasteiger partial charge in [0.2, 0.25) is 0 Å². The van der Waals surface area contributed by atoms with E-state index in [0.29, 0.717) is 5.92 Å². The molecule has 0 aliphatic carbocycles. The Morgan fingerprint density at radius 1 is 1.36 bits per heavy atom. The highest BCUT2D eigenvalue weighted by atomic mass is 15.1. The maximum Gasteiger partial charge on any atom is -0.00188 e. The van der Waals surface area contributed by atoms with Gasteiger partial charge in [-0.1, -0.05) is 13.8 Å². The van der Waals surface area contributed by atoms with E-state index in [2.05, 4.69) is 25.8 Å². The van der Waals surface area contributed by atoms with Gasteiger partial charge in [0, 0.05) is 0 Å². The van der Waals surface area contributed by atoms with Gasteiger partial charge in [-0.25, -0.2) is 0 Å². The standard InChI is InChI=1S/C9H22N2/c1-4-6-11(3)7-5-9(2)8-10/h9H,4-8,10H2,1-3H3. The number of nitrogens with two attached hydrogens (primary N) is 1. The lowest BCUT2D eigenvalue weighted by molar-refractivity contribution is 0.307. The first-order chi connectivity index (χ1) is 5.20. The van der Waals surface area contributed by atoms with Crippen molar-refractivity contribution in [1.29, 1.82) is 0 Å². The molecule has 0 aromatic heterocycles. The van der Waals surface area contributed by atoms with Gasteiger partial charge in [0.25, 0.3) is 0 Å². The number of nitrogens with zero attached hydrogens (tertiary/aromatic N) is 1. The fourth-order valence-electron chi connectivity index (χ4n) is 1.05. The Morgan fingerprint density at radius 3 is 2.45 bits per heavy atom. The molecule has 0 rings (SSSR count). The van der Waals surface area contributed by atoms with Crippen LogP contribution in [0, 0.1) is 5.92 Å². The van der Waals surface area contributed by atoms with Crippen molar-refractivity contribution in [2.45, 2.75) is 26.7 Å². The van der Waals surface area contributed by atoms with Crippen LogP contribution in [0.2, 0.25) is 0 Å². The average Bonchev–Trinajstić information content (AvgIpc) is 2.01. The molecule has 0 saturated carbocycles. The number of rotatable bonds is 6. The fraction of sp³-hybridized carbons (Fsp3) is 1.00. The van der Waals surface area contributed by atoms with Gasteiger partial charge in [0.1, 0.15) is 0 Å². The first kappa shape index (κ1) is 10.9. The van der Waals surface area contributed by atoms with Crippen LogP contribution in [-0.4, -0.2) is 31.6 Å². The topological polar surface area (TPSA) is 29.3 Å². The SMILES string of the molecule is CCCN(C)CCC(C)CN. The zero-order valence-corrected chi connectivity index (χ0v) is 8.14. The molecule has 0 fully saturated rings. The van der Waals surface area contributed by atoms with E-state index in [9.17, 15) is 0 Å². The van der Waals surface area contributed by atoms with Gasteiger partial charge >= 0.3 is 0 Å². The summed E-state index contributed by atoms with van der Waals surface area (Å²) in [7, 11) is 2.17. The summed E-state index contributed by atoms with van der Waals surface area (Å²) in [6.45, 7) is 7.63. The first-order valence-corrected chi connectivity index (χ1v) is 4.59. The van der Waals surface area contributed by atoms with Gasteiger partial charge < -0.3 is 10.6 Å². The normalized spacial score (nSPS) is 13.9. The van der Waals surface area contributed by atoms with Gasteiger partial charge in [0.15, 0.2) is 0 Å². The summed E-state index contributed by atoms with van der Waals surface area (Å²) in [5.74, 6) is 0.675. The Bertz CT molecular complexity index is 83.6. The van der Waals surface area contributed by atoms with Crippen molar-refractivity contribution in [3.05, 3.63) is 0 Å². The van der Waals surface area contributed by atoms with Crippen molar-refractivity contribution in [3.8, 4) is 0 Å². The van der Waals surface area contributed by atoms with E-state index in [-0.39, 0.29) is 0 Å². The highest BCUT2D eigenvalue weighted by Crippen LogP contribution is 2.00. The van der Waals surface area contributed by atoms with Crippen molar-refractivity contribution in [2.75, 3.05) is 26.7 Å². The van der Waals surface area contributed by atoms with E-state index in [4.69, 9.17) is 5.73 Å². The monoisotopic (exact) mass is 158 g/mol. The van der Waals surface area contributed by atoms with Crippen LogP contribution in [0.25, 0.3) is 0 Å². The molecule has 11 heavy (non-hydrogen) atoms. The lowest BCUT2D eigenvalue weighted by atomic mass is 10.1. The van der Waals surface area contributed by atoms with Crippen LogP contribution >= 0.6 is 0 Å². The quantitative estimate of drug-likeness (QED) is 0.631. The van der Waals surface area contributed by atoms with Gasteiger partial charge in [-0.15, -0.1) is 0 Å². The van der Waals surface area contributed by atoms with E-state index in [1.165, 1.54) is 25.9 Å². The summed E-state index contributed by atoms with van der Waals surface area (Å²) in [6.07, 6.45) is 2.47. The van der Waals surface area contributed by atoms with E-state index in [1.807, 2.05) is 0 Å². The van der Waals surface area contributed by atoms with Crippen LogP contribution in [0.1, 0.15) is 26.7 Å². The van der Waals surface area contributed by atoms with E-state index in [1.54, 1.807) is 0 Å². The maximum atomic E-state index is 5.51. The van der Waals surface area contributed by atoms with Gasteiger partial charge in [-0.2, -0.15) is 0 Å². The largest absolute Gasteiger partial charge is 0.330 e. The molecule has 1 unspecified atom stereocenters. The van der Waals surface area contributed by atoms with Crippen LogP contribution in [-0.2, 0) is 0 Å². The molecule has 0 bridgehead atoms. The third-order valence-corrected chi connectivity index (χ3v) is 2.01. The molecule has 0 spiro atoms. The second-order valence-electron chi connectivity index (χ2n) is 3.43. The van der Waals surface area contributed by atoms with E-state index >= 15 is 0 Å². The van der Waals surface area contributed by atoms with Crippen LogP contribution in [0.5, 0.6) is 0 Å². The highest BCUT2D eigenvalue weighted by molar-refractivity contribution is 4.57. The van der Waals surface area contributed by atoms with E-state index in [0.717, 1.165) is 6.54 Å². The van der Waals surface area contributed by atoms with Gasteiger partial charge in [-0.3, -0.25) is 0 Å². The molecule has 0 saturated heterocycles. The third-order valence-electron chi connectivity index (χ3n) is 2.01. The minimum absolute atomic E-state index is 0.675. The van der Waals surface area contributed by atoms with Crippen LogP contribution in [0.4, 0.5) is 0 Å². The fourth-order valence-corrected chi connectivity index (χ4v) is 1.05. The molecule has 2 N–H and O–H groups in total. The van der Waals surface area contributed by atoms with Crippen molar-refractivity contribution in [2.24, 2.45) is 11.7 Å². The molecule has 0 aliphatic heterocycles. The second-order valence-corrected chi connectivity index (χ2v) is 3.43. The summed E-state index contributed by atoms with van der Waals surface area (Å²) in [6, 6.07) is 0. The summed E-state index contributed by atoms with van der Waals surface area (Å²) in [5.41, 5.74) is 5.51. The summed E-state index contributed by atoms with van der Waals surface area (Å²) < 4.78 is 0. The lowest BCUT2D eigenvalue weighted by Gasteiger charge is -2.17. The Kier molecular flexibility index (Phi) is 6.57. The van der Waals surface area contributed by atoms with Crippen LogP contribution < -0.4 is 5.73 Å². The van der Waals surface area contributed by atoms with E-state index < -0.39 is 0 Å². The molecule has 2 nitrogen and oxygen atoms in total. The van der Waals surface area contributed by atoms with Crippen molar-refractivity contribution in [1.82, 2.24) is 4.90 Å².